The van der Waals surface area contributed by atoms with E-state index < -0.39 is 0 Å². The zero-order chi connectivity index (χ0) is 10.7. The largest absolute Gasteiger partial charge is 0.372 e. The van der Waals surface area contributed by atoms with Gasteiger partial charge in [0.2, 0.25) is 0 Å². The molecule has 0 aromatic heterocycles. The number of benzene rings is 1. The van der Waals surface area contributed by atoms with Crippen LogP contribution in [-0.4, -0.2) is 6.54 Å². The molecule has 1 N–H and O–H groups in total. The van der Waals surface area contributed by atoms with Gasteiger partial charge in [-0.25, -0.2) is 0 Å². The first-order valence-corrected chi connectivity index (χ1v) is 4.76. The fraction of sp³-hybridized carbons (Fsp3) is 0.417. The highest BCUT2D eigenvalue weighted by molar-refractivity contribution is 5.62. The van der Waals surface area contributed by atoms with E-state index in [4.69, 9.17) is 5.26 Å². The maximum Gasteiger partial charge on any atom is 0.103 e. The minimum Gasteiger partial charge on any atom is -0.372 e. The summed E-state index contributed by atoms with van der Waals surface area (Å²) in [6.07, 6.45) is 0. The van der Waals surface area contributed by atoms with Crippen LogP contribution in [0.2, 0.25) is 0 Å². The summed E-state index contributed by atoms with van der Waals surface area (Å²) >= 11 is 0. The molecule has 1 rings (SSSR count). The van der Waals surface area contributed by atoms with E-state index in [0.717, 1.165) is 5.69 Å². The standard InChI is InChI=1S/C12H16N2/c1-8-7-9(2)11(4)12(10(8)3)14-6-5-13/h7,14H,6H2,1-4H3. The predicted molar refractivity (Wildman–Crippen MR) is 59.5 cm³/mol. The van der Waals surface area contributed by atoms with Crippen LogP contribution in [0, 0.1) is 39.0 Å². The van der Waals surface area contributed by atoms with Gasteiger partial charge in [-0.2, -0.15) is 5.26 Å². The molecule has 74 valence electrons. The average Bonchev–Trinajstić information content (AvgIpc) is 2.15. The third-order valence-corrected chi connectivity index (χ3v) is 2.71. The van der Waals surface area contributed by atoms with Crippen molar-refractivity contribution in [3.63, 3.8) is 0 Å². The Kier molecular flexibility index (Phi) is 3.14. The molecule has 14 heavy (non-hydrogen) atoms. The molecular formula is C12H16N2. The molecule has 0 fully saturated rings. The van der Waals surface area contributed by atoms with E-state index in [1.807, 2.05) is 0 Å². The molecule has 2 heteroatoms. The molecule has 0 amide bonds. The number of rotatable bonds is 2. The fourth-order valence-corrected chi connectivity index (χ4v) is 1.61. The molecule has 0 radical (unpaired) electrons. The highest BCUT2D eigenvalue weighted by atomic mass is 14.9. The zero-order valence-electron chi connectivity index (χ0n) is 9.23. The Balaban J connectivity index is 3.19. The molecule has 0 aliphatic carbocycles. The van der Waals surface area contributed by atoms with E-state index >= 15 is 0 Å². The Morgan fingerprint density at radius 2 is 1.64 bits per heavy atom. The molecule has 0 unspecified atom stereocenters. The van der Waals surface area contributed by atoms with E-state index in [2.05, 4.69) is 45.1 Å². The predicted octanol–water partition coefficient (Wildman–Crippen LogP) is 2.86. The van der Waals surface area contributed by atoms with Crippen LogP contribution in [0.4, 0.5) is 5.69 Å². The first kappa shape index (κ1) is 10.6. The van der Waals surface area contributed by atoms with Crippen LogP contribution in [0.25, 0.3) is 0 Å². The van der Waals surface area contributed by atoms with E-state index in [-0.39, 0.29) is 0 Å². The van der Waals surface area contributed by atoms with Gasteiger partial charge < -0.3 is 5.32 Å². The number of nitrogens with zero attached hydrogens (tertiary/aromatic N) is 1. The first-order valence-electron chi connectivity index (χ1n) is 4.76. The molecule has 0 spiro atoms. The van der Waals surface area contributed by atoms with E-state index in [0.29, 0.717) is 6.54 Å². The normalized spacial score (nSPS) is 9.64. The Hall–Kier alpha value is -1.49. The summed E-state index contributed by atoms with van der Waals surface area (Å²) < 4.78 is 0. The van der Waals surface area contributed by atoms with E-state index in [1.54, 1.807) is 0 Å². The lowest BCUT2D eigenvalue weighted by Gasteiger charge is -2.15. The lowest BCUT2D eigenvalue weighted by Crippen LogP contribution is -2.04. The molecule has 0 saturated carbocycles. The minimum absolute atomic E-state index is 0.366. The Bertz CT molecular complexity index is 360. The number of aryl methyl sites for hydroxylation is 2. The number of hydrogen-bond acceptors (Lipinski definition) is 2. The van der Waals surface area contributed by atoms with Gasteiger partial charge in [-0.1, -0.05) is 6.07 Å². The van der Waals surface area contributed by atoms with Crippen molar-refractivity contribution >= 4 is 5.69 Å². The molecule has 1 aromatic rings. The number of anilines is 1. The van der Waals surface area contributed by atoms with Crippen LogP contribution in [0.1, 0.15) is 22.3 Å². The lowest BCUT2D eigenvalue weighted by molar-refractivity contribution is 1.20. The summed E-state index contributed by atoms with van der Waals surface area (Å²) in [6, 6.07) is 4.28. The van der Waals surface area contributed by atoms with Crippen LogP contribution < -0.4 is 5.32 Å². The van der Waals surface area contributed by atoms with Crippen molar-refractivity contribution in [2.75, 3.05) is 11.9 Å². The van der Waals surface area contributed by atoms with Crippen molar-refractivity contribution in [3.05, 3.63) is 28.3 Å². The molecule has 0 bridgehead atoms. The van der Waals surface area contributed by atoms with Crippen LogP contribution in [0.5, 0.6) is 0 Å². The minimum atomic E-state index is 0.366. The van der Waals surface area contributed by atoms with Crippen molar-refractivity contribution in [1.29, 1.82) is 5.26 Å². The van der Waals surface area contributed by atoms with Gasteiger partial charge in [-0.3, -0.25) is 0 Å². The number of nitrogens with one attached hydrogen (secondary N) is 1. The number of nitriles is 1. The van der Waals surface area contributed by atoms with Gasteiger partial charge in [0, 0.05) is 5.69 Å². The highest BCUT2D eigenvalue weighted by Crippen LogP contribution is 2.26. The smallest absolute Gasteiger partial charge is 0.103 e. The topological polar surface area (TPSA) is 35.8 Å². The molecule has 0 heterocycles. The second-order valence-corrected chi connectivity index (χ2v) is 3.65. The van der Waals surface area contributed by atoms with E-state index in [1.165, 1.54) is 22.3 Å². The van der Waals surface area contributed by atoms with Gasteiger partial charge in [0.25, 0.3) is 0 Å². The monoisotopic (exact) mass is 188 g/mol. The zero-order valence-corrected chi connectivity index (χ0v) is 9.23. The van der Waals surface area contributed by atoms with Gasteiger partial charge in [-0.05, 0) is 49.9 Å². The summed E-state index contributed by atoms with van der Waals surface area (Å²) in [7, 11) is 0. The summed E-state index contributed by atoms with van der Waals surface area (Å²) in [5.74, 6) is 0. The SMILES string of the molecule is Cc1cc(C)c(C)c(NCC#N)c1C. The summed E-state index contributed by atoms with van der Waals surface area (Å²) in [5.41, 5.74) is 6.14. The van der Waals surface area contributed by atoms with Gasteiger partial charge in [0.05, 0.1) is 6.07 Å². The summed E-state index contributed by atoms with van der Waals surface area (Å²) in [6.45, 7) is 8.73. The highest BCUT2D eigenvalue weighted by Gasteiger charge is 2.06. The summed E-state index contributed by atoms with van der Waals surface area (Å²) in [4.78, 5) is 0. The maximum absolute atomic E-state index is 8.54. The molecule has 2 nitrogen and oxygen atoms in total. The number of hydrogen-bond donors (Lipinski definition) is 1. The Labute approximate surface area is 85.6 Å². The maximum atomic E-state index is 8.54. The Morgan fingerprint density at radius 3 is 2.07 bits per heavy atom. The van der Waals surface area contributed by atoms with Crippen molar-refractivity contribution in [2.45, 2.75) is 27.7 Å². The Morgan fingerprint density at radius 1 is 1.14 bits per heavy atom. The summed E-state index contributed by atoms with van der Waals surface area (Å²) in [5, 5.41) is 11.7. The quantitative estimate of drug-likeness (QED) is 0.724. The van der Waals surface area contributed by atoms with Crippen molar-refractivity contribution < 1.29 is 0 Å². The third kappa shape index (κ3) is 1.88. The van der Waals surface area contributed by atoms with Crippen LogP contribution in [0.3, 0.4) is 0 Å². The molecule has 0 aliphatic heterocycles. The third-order valence-electron chi connectivity index (χ3n) is 2.71. The fourth-order valence-electron chi connectivity index (χ4n) is 1.61. The average molecular weight is 188 g/mol. The van der Waals surface area contributed by atoms with Crippen molar-refractivity contribution in [2.24, 2.45) is 0 Å². The van der Waals surface area contributed by atoms with Crippen LogP contribution in [-0.2, 0) is 0 Å². The van der Waals surface area contributed by atoms with E-state index in [9.17, 15) is 0 Å². The van der Waals surface area contributed by atoms with Gasteiger partial charge in [0.1, 0.15) is 6.54 Å². The second kappa shape index (κ2) is 4.15. The van der Waals surface area contributed by atoms with Crippen molar-refractivity contribution in [3.8, 4) is 6.07 Å². The lowest BCUT2D eigenvalue weighted by atomic mass is 9.99. The second-order valence-electron chi connectivity index (χ2n) is 3.65. The van der Waals surface area contributed by atoms with Crippen molar-refractivity contribution in [1.82, 2.24) is 0 Å². The van der Waals surface area contributed by atoms with Crippen LogP contribution in [0.15, 0.2) is 6.07 Å². The van der Waals surface area contributed by atoms with Gasteiger partial charge >= 0.3 is 0 Å². The van der Waals surface area contributed by atoms with Gasteiger partial charge in [0.15, 0.2) is 0 Å². The molecule has 1 aromatic carbocycles. The molecule has 0 saturated heterocycles. The van der Waals surface area contributed by atoms with Crippen LogP contribution >= 0.6 is 0 Å². The molecule has 0 aliphatic rings. The first-order chi connectivity index (χ1) is 6.57. The van der Waals surface area contributed by atoms with Gasteiger partial charge in [-0.15, -0.1) is 0 Å². The molecular weight excluding hydrogens is 172 g/mol. The molecule has 0 atom stereocenters.